The molecule has 13 heavy (non-hydrogen) atoms. The van der Waals surface area contributed by atoms with E-state index in [1.54, 1.807) is 0 Å². The average Bonchev–Trinajstić information content (AvgIpc) is 2.54. The van der Waals surface area contributed by atoms with Crippen LogP contribution in [0, 0.1) is 12.3 Å². The van der Waals surface area contributed by atoms with E-state index in [1.807, 2.05) is 0 Å². The summed E-state index contributed by atoms with van der Waals surface area (Å²) in [7, 11) is 0. The van der Waals surface area contributed by atoms with Crippen molar-refractivity contribution in [3.63, 3.8) is 0 Å². The summed E-state index contributed by atoms with van der Waals surface area (Å²) in [5, 5.41) is 0. The minimum Gasteiger partial charge on any atom is -0.319 e. The molecule has 0 bridgehead atoms. The fraction of sp³-hybridized carbons (Fsp3) is 0.727. The van der Waals surface area contributed by atoms with Gasteiger partial charge in [0.05, 0.1) is 5.54 Å². The fourth-order valence-electron chi connectivity index (χ4n) is 1.88. The van der Waals surface area contributed by atoms with Crippen molar-refractivity contribution in [3.8, 4) is 12.3 Å². The van der Waals surface area contributed by atoms with Crippen LogP contribution in [0.25, 0.3) is 0 Å². The van der Waals surface area contributed by atoms with Gasteiger partial charge in [0.1, 0.15) is 0 Å². The first kappa shape index (κ1) is 10.3. The van der Waals surface area contributed by atoms with Crippen LogP contribution < -0.4 is 5.73 Å². The summed E-state index contributed by atoms with van der Waals surface area (Å²) in [6, 6.07) is 0. The zero-order valence-corrected chi connectivity index (χ0v) is 8.01. The summed E-state index contributed by atoms with van der Waals surface area (Å²) in [4.78, 5) is 11.6. The van der Waals surface area contributed by atoms with Gasteiger partial charge in [-0.25, -0.2) is 0 Å². The van der Waals surface area contributed by atoms with Crippen molar-refractivity contribution >= 4 is 5.78 Å². The predicted molar refractivity (Wildman–Crippen MR) is 53.1 cm³/mol. The molecule has 0 spiro atoms. The van der Waals surface area contributed by atoms with Gasteiger partial charge in [0.25, 0.3) is 0 Å². The molecule has 0 atom stereocenters. The van der Waals surface area contributed by atoms with Crippen LogP contribution in [-0.4, -0.2) is 11.3 Å². The first-order valence-corrected chi connectivity index (χ1v) is 4.95. The van der Waals surface area contributed by atoms with Gasteiger partial charge < -0.3 is 5.73 Å². The first-order valence-electron chi connectivity index (χ1n) is 4.95. The number of hydrogen-bond acceptors (Lipinski definition) is 2. The summed E-state index contributed by atoms with van der Waals surface area (Å²) in [5.41, 5.74) is 5.48. The van der Waals surface area contributed by atoms with E-state index >= 15 is 0 Å². The number of carbonyl (C=O) groups is 1. The van der Waals surface area contributed by atoms with Gasteiger partial charge in [-0.3, -0.25) is 4.79 Å². The van der Waals surface area contributed by atoms with E-state index in [1.165, 1.54) is 0 Å². The molecule has 1 saturated carbocycles. The Kier molecular flexibility index (Phi) is 3.50. The van der Waals surface area contributed by atoms with Gasteiger partial charge >= 0.3 is 0 Å². The maximum atomic E-state index is 11.6. The minimum absolute atomic E-state index is 0.209. The zero-order valence-electron chi connectivity index (χ0n) is 8.01. The van der Waals surface area contributed by atoms with Crippen molar-refractivity contribution in [2.45, 2.75) is 50.5 Å². The molecule has 0 saturated heterocycles. The summed E-state index contributed by atoms with van der Waals surface area (Å²) in [6.45, 7) is 0. The Morgan fingerprint density at radius 3 is 2.62 bits per heavy atom. The number of hydrogen-bond donors (Lipinski definition) is 1. The lowest BCUT2D eigenvalue weighted by Crippen LogP contribution is -2.45. The van der Waals surface area contributed by atoms with E-state index in [0.29, 0.717) is 12.8 Å². The first-order chi connectivity index (χ1) is 6.19. The van der Waals surface area contributed by atoms with Gasteiger partial charge in [-0.15, -0.1) is 12.3 Å². The van der Waals surface area contributed by atoms with E-state index in [2.05, 4.69) is 5.92 Å². The standard InChI is InChI=1S/C11H17NO/c1-2-3-4-7-10(13)11(12)8-5-6-9-11/h1H,3-9,12H2. The summed E-state index contributed by atoms with van der Waals surface area (Å²) in [6.07, 6.45) is 11.0. The third-order valence-corrected chi connectivity index (χ3v) is 2.78. The van der Waals surface area contributed by atoms with Crippen LogP contribution in [0.2, 0.25) is 0 Å². The number of rotatable bonds is 4. The monoisotopic (exact) mass is 179 g/mol. The molecule has 0 heterocycles. The van der Waals surface area contributed by atoms with E-state index in [0.717, 1.165) is 32.1 Å². The zero-order chi connectivity index (χ0) is 9.73. The molecular formula is C11H17NO. The SMILES string of the molecule is C#CCCCC(=O)C1(N)CCCC1. The molecule has 1 rings (SSSR count). The van der Waals surface area contributed by atoms with Crippen molar-refractivity contribution in [2.75, 3.05) is 0 Å². The molecule has 2 heteroatoms. The van der Waals surface area contributed by atoms with Crippen LogP contribution in [0.15, 0.2) is 0 Å². The van der Waals surface area contributed by atoms with Crippen molar-refractivity contribution in [1.82, 2.24) is 0 Å². The van der Waals surface area contributed by atoms with Crippen LogP contribution in [0.3, 0.4) is 0 Å². The smallest absolute Gasteiger partial charge is 0.152 e. The predicted octanol–water partition coefficient (Wildman–Crippen LogP) is 1.63. The maximum Gasteiger partial charge on any atom is 0.152 e. The molecule has 0 radical (unpaired) electrons. The lowest BCUT2D eigenvalue weighted by molar-refractivity contribution is -0.124. The van der Waals surface area contributed by atoms with Crippen LogP contribution in [0.5, 0.6) is 0 Å². The Balaban J connectivity index is 2.34. The molecule has 0 aliphatic heterocycles. The lowest BCUT2D eigenvalue weighted by Gasteiger charge is -2.21. The number of Topliss-reactive ketones (excluding diaryl/α,β-unsaturated/α-hetero) is 1. The molecule has 0 aromatic rings. The highest BCUT2D eigenvalue weighted by molar-refractivity contribution is 5.88. The quantitative estimate of drug-likeness (QED) is 0.526. The molecule has 0 unspecified atom stereocenters. The second kappa shape index (κ2) is 4.43. The van der Waals surface area contributed by atoms with Gasteiger partial charge in [0.2, 0.25) is 0 Å². The summed E-state index contributed by atoms with van der Waals surface area (Å²) >= 11 is 0. The number of carbonyl (C=O) groups excluding carboxylic acids is 1. The second-order valence-electron chi connectivity index (χ2n) is 3.84. The lowest BCUT2D eigenvalue weighted by atomic mass is 9.90. The second-order valence-corrected chi connectivity index (χ2v) is 3.84. The third-order valence-electron chi connectivity index (χ3n) is 2.78. The van der Waals surface area contributed by atoms with Crippen LogP contribution >= 0.6 is 0 Å². The number of terminal acetylenes is 1. The van der Waals surface area contributed by atoms with E-state index in [4.69, 9.17) is 12.2 Å². The molecule has 0 amide bonds. The van der Waals surface area contributed by atoms with Gasteiger partial charge in [0, 0.05) is 12.8 Å². The highest BCUT2D eigenvalue weighted by atomic mass is 16.1. The molecular weight excluding hydrogens is 162 g/mol. The highest BCUT2D eigenvalue weighted by Crippen LogP contribution is 2.29. The molecule has 2 N–H and O–H groups in total. The molecule has 0 aromatic heterocycles. The fourth-order valence-corrected chi connectivity index (χ4v) is 1.88. The van der Waals surface area contributed by atoms with Gasteiger partial charge in [0.15, 0.2) is 5.78 Å². The van der Waals surface area contributed by atoms with Crippen LogP contribution in [0.1, 0.15) is 44.9 Å². The van der Waals surface area contributed by atoms with Crippen molar-refractivity contribution in [3.05, 3.63) is 0 Å². The van der Waals surface area contributed by atoms with E-state index in [9.17, 15) is 4.79 Å². The molecule has 2 nitrogen and oxygen atoms in total. The molecule has 0 aromatic carbocycles. The van der Waals surface area contributed by atoms with Crippen LogP contribution in [-0.2, 0) is 4.79 Å². The summed E-state index contributed by atoms with van der Waals surface area (Å²) < 4.78 is 0. The van der Waals surface area contributed by atoms with Gasteiger partial charge in [-0.1, -0.05) is 12.8 Å². The van der Waals surface area contributed by atoms with Gasteiger partial charge in [-0.2, -0.15) is 0 Å². The van der Waals surface area contributed by atoms with Crippen LogP contribution in [0.4, 0.5) is 0 Å². The minimum atomic E-state index is -0.505. The topological polar surface area (TPSA) is 43.1 Å². The number of unbranched alkanes of at least 4 members (excludes halogenated alkanes) is 1. The Hall–Kier alpha value is -0.810. The number of nitrogens with two attached hydrogens (primary N) is 1. The van der Waals surface area contributed by atoms with Crippen molar-refractivity contribution in [2.24, 2.45) is 5.73 Å². The third kappa shape index (κ3) is 2.57. The largest absolute Gasteiger partial charge is 0.319 e. The average molecular weight is 179 g/mol. The maximum absolute atomic E-state index is 11.6. The Morgan fingerprint density at radius 1 is 1.46 bits per heavy atom. The van der Waals surface area contributed by atoms with E-state index < -0.39 is 5.54 Å². The van der Waals surface area contributed by atoms with Gasteiger partial charge in [-0.05, 0) is 19.3 Å². The Labute approximate surface area is 79.9 Å². The number of ketones is 1. The van der Waals surface area contributed by atoms with Crippen molar-refractivity contribution < 1.29 is 4.79 Å². The highest BCUT2D eigenvalue weighted by Gasteiger charge is 2.35. The Morgan fingerprint density at radius 2 is 2.08 bits per heavy atom. The normalized spacial score (nSPS) is 19.7. The summed E-state index contributed by atoms with van der Waals surface area (Å²) in [5.74, 6) is 2.74. The Bertz CT molecular complexity index is 221. The molecule has 1 aliphatic rings. The molecule has 72 valence electrons. The van der Waals surface area contributed by atoms with E-state index in [-0.39, 0.29) is 5.78 Å². The van der Waals surface area contributed by atoms with Crippen molar-refractivity contribution in [1.29, 1.82) is 0 Å². The molecule has 1 aliphatic carbocycles. The molecule has 1 fully saturated rings.